The Balaban J connectivity index is 1.67. The normalized spacial score (nSPS) is 16.0. The quantitative estimate of drug-likeness (QED) is 0.785. The van der Waals surface area contributed by atoms with E-state index in [9.17, 15) is 4.79 Å². The maximum Gasteiger partial charge on any atom is 0.223 e. The lowest BCUT2D eigenvalue weighted by atomic mass is 9.97. The highest BCUT2D eigenvalue weighted by molar-refractivity contribution is 5.77. The highest BCUT2D eigenvalue weighted by atomic mass is 16.5. The van der Waals surface area contributed by atoms with Crippen LogP contribution in [0.25, 0.3) is 0 Å². The van der Waals surface area contributed by atoms with Crippen molar-refractivity contribution in [2.24, 2.45) is 0 Å². The molecule has 4 heteroatoms. The molecule has 0 bridgehead atoms. The summed E-state index contributed by atoms with van der Waals surface area (Å²) < 4.78 is 5.17. The Bertz CT molecular complexity index is 672. The molecule has 1 atom stereocenters. The minimum atomic E-state index is 0.180. The van der Waals surface area contributed by atoms with E-state index in [1.807, 2.05) is 23.1 Å². The van der Waals surface area contributed by atoms with Gasteiger partial charge in [0.25, 0.3) is 0 Å². The lowest BCUT2D eigenvalue weighted by Crippen LogP contribution is -2.34. The largest absolute Gasteiger partial charge is 0.383 e. The number of hydrogen-bond donors (Lipinski definition) is 0. The average molecular weight is 324 g/mol. The van der Waals surface area contributed by atoms with Gasteiger partial charge in [-0.3, -0.25) is 9.78 Å². The molecule has 126 valence electrons. The zero-order chi connectivity index (χ0) is 16.8. The number of carbonyl (C=O) groups is 1. The molecule has 1 aromatic heterocycles. The van der Waals surface area contributed by atoms with Crippen LogP contribution in [0, 0.1) is 0 Å². The summed E-state index contributed by atoms with van der Waals surface area (Å²) in [4.78, 5) is 19.1. The third kappa shape index (κ3) is 4.01. The van der Waals surface area contributed by atoms with Gasteiger partial charge in [-0.1, -0.05) is 30.3 Å². The molecule has 0 saturated heterocycles. The number of aryl methyl sites for hydroxylation is 1. The van der Waals surface area contributed by atoms with Crippen LogP contribution in [0.4, 0.5) is 0 Å². The predicted molar refractivity (Wildman–Crippen MR) is 93.7 cm³/mol. The fourth-order valence-electron chi connectivity index (χ4n) is 3.38. The number of fused-ring (bicyclic) bond motifs is 1. The second kappa shape index (κ2) is 8.06. The number of hydrogen-bond acceptors (Lipinski definition) is 3. The molecule has 1 aliphatic rings. The van der Waals surface area contributed by atoms with Crippen molar-refractivity contribution in [3.8, 4) is 0 Å². The fourth-order valence-corrected chi connectivity index (χ4v) is 3.38. The van der Waals surface area contributed by atoms with Crippen molar-refractivity contribution >= 4 is 5.91 Å². The van der Waals surface area contributed by atoms with Gasteiger partial charge >= 0.3 is 0 Å². The number of nitrogens with zero attached hydrogens (tertiary/aromatic N) is 2. The van der Waals surface area contributed by atoms with Gasteiger partial charge in [-0.15, -0.1) is 0 Å². The van der Waals surface area contributed by atoms with Gasteiger partial charge in [-0.25, -0.2) is 0 Å². The zero-order valence-electron chi connectivity index (χ0n) is 14.1. The summed E-state index contributed by atoms with van der Waals surface area (Å²) in [7, 11) is 1.66. The van der Waals surface area contributed by atoms with Crippen LogP contribution in [-0.4, -0.2) is 36.1 Å². The Morgan fingerprint density at radius 3 is 2.88 bits per heavy atom. The molecule has 4 nitrogen and oxygen atoms in total. The third-order valence-corrected chi connectivity index (χ3v) is 4.68. The Labute approximate surface area is 143 Å². The van der Waals surface area contributed by atoms with Gasteiger partial charge in [0.1, 0.15) is 0 Å². The van der Waals surface area contributed by atoms with Crippen molar-refractivity contribution in [2.75, 3.05) is 20.3 Å². The predicted octanol–water partition coefficient (Wildman–Crippen LogP) is 3.18. The van der Waals surface area contributed by atoms with Crippen LogP contribution in [0.1, 0.15) is 35.6 Å². The summed E-state index contributed by atoms with van der Waals surface area (Å²) in [6.07, 6.45) is 4.47. The highest BCUT2D eigenvalue weighted by Crippen LogP contribution is 2.35. The van der Waals surface area contributed by atoms with E-state index in [1.54, 1.807) is 13.3 Å². The monoisotopic (exact) mass is 324 g/mol. The smallest absolute Gasteiger partial charge is 0.223 e. The fraction of sp³-hybridized carbons (Fsp3) is 0.400. The Morgan fingerprint density at radius 1 is 1.25 bits per heavy atom. The Kier molecular flexibility index (Phi) is 5.59. The first-order valence-corrected chi connectivity index (χ1v) is 8.52. The standard InChI is InChI=1S/C20H24N2O2/c1-24-13-12-22(15-18-7-4-5-11-21-18)20(23)14-17-10-9-16-6-2-3-8-19(16)17/h2-8,11,17H,9-10,12-15H2,1H3/t17-/m0/s1. The molecule has 1 aliphatic carbocycles. The summed E-state index contributed by atoms with van der Waals surface area (Å²) >= 11 is 0. The van der Waals surface area contributed by atoms with Crippen LogP contribution >= 0.6 is 0 Å². The van der Waals surface area contributed by atoms with E-state index in [0.717, 1.165) is 18.5 Å². The van der Waals surface area contributed by atoms with E-state index >= 15 is 0 Å². The molecule has 2 aromatic rings. The van der Waals surface area contributed by atoms with Gasteiger partial charge in [0, 0.05) is 26.3 Å². The maximum absolute atomic E-state index is 12.9. The number of pyridine rings is 1. The van der Waals surface area contributed by atoms with Crippen molar-refractivity contribution in [1.29, 1.82) is 0 Å². The van der Waals surface area contributed by atoms with E-state index in [1.165, 1.54) is 11.1 Å². The summed E-state index contributed by atoms with van der Waals surface area (Å²) in [5.74, 6) is 0.516. The van der Waals surface area contributed by atoms with Crippen molar-refractivity contribution in [2.45, 2.75) is 31.7 Å². The molecular weight excluding hydrogens is 300 g/mol. The van der Waals surface area contributed by atoms with E-state index in [0.29, 0.717) is 32.0 Å². The first kappa shape index (κ1) is 16.7. The summed E-state index contributed by atoms with van der Waals surface area (Å²) in [5, 5.41) is 0. The van der Waals surface area contributed by atoms with Crippen LogP contribution in [0.3, 0.4) is 0 Å². The molecule has 1 heterocycles. The minimum Gasteiger partial charge on any atom is -0.383 e. The number of aromatic nitrogens is 1. The lowest BCUT2D eigenvalue weighted by Gasteiger charge is -2.24. The van der Waals surface area contributed by atoms with Gasteiger partial charge in [-0.2, -0.15) is 0 Å². The van der Waals surface area contributed by atoms with Gasteiger partial charge in [0.2, 0.25) is 5.91 Å². The number of benzene rings is 1. The molecular formula is C20H24N2O2. The third-order valence-electron chi connectivity index (χ3n) is 4.68. The molecule has 1 aromatic carbocycles. The number of carbonyl (C=O) groups excluding carboxylic acids is 1. The van der Waals surface area contributed by atoms with Crippen LogP contribution in [0.2, 0.25) is 0 Å². The first-order chi connectivity index (χ1) is 11.8. The molecule has 3 rings (SSSR count). The second-order valence-corrected chi connectivity index (χ2v) is 6.27. The number of amides is 1. The van der Waals surface area contributed by atoms with Crippen molar-refractivity contribution in [1.82, 2.24) is 9.88 Å². The van der Waals surface area contributed by atoms with E-state index in [4.69, 9.17) is 4.74 Å². The average Bonchev–Trinajstić information content (AvgIpc) is 3.02. The SMILES string of the molecule is COCCN(Cc1ccccn1)C(=O)C[C@@H]1CCc2ccccc21. The van der Waals surface area contributed by atoms with Crippen LogP contribution < -0.4 is 0 Å². The van der Waals surface area contributed by atoms with Crippen LogP contribution in [-0.2, 0) is 22.5 Å². The minimum absolute atomic E-state index is 0.180. The Hall–Kier alpha value is -2.20. The molecule has 24 heavy (non-hydrogen) atoms. The molecule has 0 spiro atoms. The first-order valence-electron chi connectivity index (χ1n) is 8.52. The van der Waals surface area contributed by atoms with E-state index < -0.39 is 0 Å². The van der Waals surface area contributed by atoms with Crippen molar-refractivity contribution < 1.29 is 9.53 Å². The highest BCUT2D eigenvalue weighted by Gasteiger charge is 2.26. The van der Waals surface area contributed by atoms with Gasteiger partial charge in [0.05, 0.1) is 18.8 Å². The molecule has 0 unspecified atom stereocenters. The second-order valence-electron chi connectivity index (χ2n) is 6.27. The number of rotatable bonds is 7. The lowest BCUT2D eigenvalue weighted by molar-refractivity contribution is -0.133. The van der Waals surface area contributed by atoms with E-state index in [-0.39, 0.29) is 5.91 Å². The van der Waals surface area contributed by atoms with Crippen LogP contribution in [0.5, 0.6) is 0 Å². The molecule has 0 N–H and O–H groups in total. The summed E-state index contributed by atoms with van der Waals surface area (Å²) in [6.45, 7) is 1.68. The summed E-state index contributed by atoms with van der Waals surface area (Å²) in [6, 6.07) is 14.3. The van der Waals surface area contributed by atoms with Crippen LogP contribution in [0.15, 0.2) is 48.7 Å². The van der Waals surface area contributed by atoms with Gasteiger partial charge in [0.15, 0.2) is 0 Å². The van der Waals surface area contributed by atoms with Crippen molar-refractivity contribution in [3.05, 3.63) is 65.5 Å². The molecule has 0 radical (unpaired) electrons. The molecule has 0 aliphatic heterocycles. The topological polar surface area (TPSA) is 42.4 Å². The van der Waals surface area contributed by atoms with Gasteiger partial charge in [-0.05, 0) is 42.0 Å². The molecule has 1 amide bonds. The van der Waals surface area contributed by atoms with E-state index in [2.05, 4.69) is 29.2 Å². The number of ether oxygens (including phenoxy) is 1. The molecule has 0 fully saturated rings. The zero-order valence-corrected chi connectivity index (χ0v) is 14.1. The Morgan fingerprint density at radius 2 is 2.08 bits per heavy atom. The number of methoxy groups -OCH3 is 1. The molecule has 0 saturated carbocycles. The van der Waals surface area contributed by atoms with Crippen molar-refractivity contribution in [3.63, 3.8) is 0 Å². The summed E-state index contributed by atoms with van der Waals surface area (Å²) in [5.41, 5.74) is 3.65. The van der Waals surface area contributed by atoms with Gasteiger partial charge < -0.3 is 9.64 Å². The maximum atomic E-state index is 12.9.